The van der Waals surface area contributed by atoms with Gasteiger partial charge in [-0.1, -0.05) is 39.0 Å². The van der Waals surface area contributed by atoms with E-state index in [1.165, 1.54) is 0 Å². The van der Waals surface area contributed by atoms with Crippen LogP contribution in [0, 0.1) is 0 Å². The number of para-hydroxylation sites is 1. The lowest BCUT2D eigenvalue weighted by atomic mass is 9.86. The number of nitrogens with one attached hydrogen (secondary N) is 1. The number of rotatable bonds is 2. The SMILES string of the molecule is C[C@@H](Cl)C(=O)Nc1ccccc1C(C)(C)C. The number of amides is 1. The zero-order chi connectivity index (χ0) is 12.3. The summed E-state index contributed by atoms with van der Waals surface area (Å²) in [5.74, 6) is -0.168. The third kappa shape index (κ3) is 3.24. The molecule has 0 radical (unpaired) electrons. The number of hydrogen-bond acceptors (Lipinski definition) is 1. The molecule has 16 heavy (non-hydrogen) atoms. The van der Waals surface area contributed by atoms with E-state index in [0.717, 1.165) is 11.3 Å². The van der Waals surface area contributed by atoms with Gasteiger partial charge in [0.2, 0.25) is 5.91 Å². The highest BCUT2D eigenvalue weighted by Gasteiger charge is 2.19. The molecule has 1 amide bonds. The average Bonchev–Trinajstić information content (AvgIpc) is 2.16. The summed E-state index contributed by atoms with van der Waals surface area (Å²) in [4.78, 5) is 11.5. The Morgan fingerprint density at radius 3 is 2.38 bits per heavy atom. The number of carbonyl (C=O) groups excluding carboxylic acids is 1. The van der Waals surface area contributed by atoms with E-state index in [1.807, 2.05) is 24.3 Å². The maximum Gasteiger partial charge on any atom is 0.242 e. The van der Waals surface area contributed by atoms with Crippen LogP contribution in [-0.4, -0.2) is 11.3 Å². The van der Waals surface area contributed by atoms with Gasteiger partial charge < -0.3 is 5.32 Å². The summed E-state index contributed by atoms with van der Waals surface area (Å²) in [6.45, 7) is 8.00. The van der Waals surface area contributed by atoms with Crippen LogP contribution in [-0.2, 0) is 10.2 Å². The largest absolute Gasteiger partial charge is 0.325 e. The van der Waals surface area contributed by atoms with E-state index in [2.05, 4.69) is 26.1 Å². The molecule has 0 unspecified atom stereocenters. The van der Waals surface area contributed by atoms with Gasteiger partial charge in [-0.25, -0.2) is 0 Å². The van der Waals surface area contributed by atoms with Crippen LogP contribution in [0.25, 0.3) is 0 Å². The van der Waals surface area contributed by atoms with Gasteiger partial charge in [0.25, 0.3) is 0 Å². The van der Waals surface area contributed by atoms with Crippen molar-refractivity contribution >= 4 is 23.2 Å². The summed E-state index contributed by atoms with van der Waals surface area (Å²) >= 11 is 5.73. The smallest absolute Gasteiger partial charge is 0.242 e. The monoisotopic (exact) mass is 239 g/mol. The van der Waals surface area contributed by atoms with E-state index in [0.29, 0.717) is 0 Å². The molecule has 0 heterocycles. The molecule has 1 N–H and O–H groups in total. The first-order valence-electron chi connectivity index (χ1n) is 5.37. The lowest BCUT2D eigenvalue weighted by Gasteiger charge is -2.23. The minimum absolute atomic E-state index is 0.000571. The average molecular weight is 240 g/mol. The van der Waals surface area contributed by atoms with Gasteiger partial charge >= 0.3 is 0 Å². The molecule has 88 valence electrons. The summed E-state index contributed by atoms with van der Waals surface area (Å²) in [7, 11) is 0. The fraction of sp³-hybridized carbons (Fsp3) is 0.462. The van der Waals surface area contributed by atoms with E-state index >= 15 is 0 Å². The summed E-state index contributed by atoms with van der Waals surface area (Å²) in [5.41, 5.74) is 1.95. The van der Waals surface area contributed by atoms with Gasteiger partial charge in [0, 0.05) is 5.69 Å². The van der Waals surface area contributed by atoms with E-state index in [4.69, 9.17) is 11.6 Å². The van der Waals surface area contributed by atoms with Crippen LogP contribution in [0.1, 0.15) is 33.3 Å². The molecule has 0 spiro atoms. The molecule has 3 heteroatoms. The molecular weight excluding hydrogens is 222 g/mol. The minimum Gasteiger partial charge on any atom is -0.325 e. The van der Waals surface area contributed by atoms with Crippen LogP contribution in [0.4, 0.5) is 5.69 Å². The van der Waals surface area contributed by atoms with E-state index in [1.54, 1.807) is 6.92 Å². The molecular formula is C13H18ClNO. The van der Waals surface area contributed by atoms with E-state index in [-0.39, 0.29) is 11.3 Å². The number of anilines is 1. The van der Waals surface area contributed by atoms with Gasteiger partial charge in [0.15, 0.2) is 0 Å². The van der Waals surface area contributed by atoms with Gasteiger partial charge in [-0.05, 0) is 24.0 Å². The number of carbonyl (C=O) groups is 1. The standard InChI is InChI=1S/C13H18ClNO/c1-9(14)12(16)15-11-8-6-5-7-10(11)13(2,3)4/h5-9H,1-4H3,(H,15,16)/t9-/m1/s1. The Hall–Kier alpha value is -1.02. The zero-order valence-electron chi connectivity index (χ0n) is 10.2. The van der Waals surface area contributed by atoms with Crippen LogP contribution in [0.2, 0.25) is 0 Å². The molecule has 1 aromatic carbocycles. The van der Waals surface area contributed by atoms with Crippen LogP contribution < -0.4 is 5.32 Å². The molecule has 0 fully saturated rings. The molecule has 0 saturated heterocycles. The molecule has 0 aliphatic heterocycles. The van der Waals surface area contributed by atoms with Gasteiger partial charge in [0.05, 0.1) is 0 Å². The molecule has 1 aromatic rings. The number of benzene rings is 1. The second-order valence-electron chi connectivity index (χ2n) is 4.90. The van der Waals surface area contributed by atoms with Crippen LogP contribution in [0.3, 0.4) is 0 Å². The third-order valence-corrected chi connectivity index (χ3v) is 2.55. The first kappa shape index (κ1) is 13.0. The molecule has 0 saturated carbocycles. The molecule has 0 bridgehead atoms. The highest BCUT2D eigenvalue weighted by molar-refractivity contribution is 6.32. The Labute approximate surface area is 102 Å². The Balaban J connectivity index is 3.01. The van der Waals surface area contributed by atoms with Crippen molar-refractivity contribution in [3.05, 3.63) is 29.8 Å². The Morgan fingerprint density at radius 1 is 1.31 bits per heavy atom. The number of alkyl halides is 1. The van der Waals surface area contributed by atoms with Crippen molar-refractivity contribution in [2.75, 3.05) is 5.32 Å². The predicted molar refractivity (Wildman–Crippen MR) is 69.1 cm³/mol. The maximum absolute atomic E-state index is 11.5. The Bertz CT molecular complexity index is 380. The van der Waals surface area contributed by atoms with Crippen molar-refractivity contribution in [1.82, 2.24) is 0 Å². The van der Waals surface area contributed by atoms with Gasteiger partial charge in [-0.2, -0.15) is 0 Å². The molecule has 0 aliphatic carbocycles. The highest BCUT2D eigenvalue weighted by Crippen LogP contribution is 2.29. The molecule has 2 nitrogen and oxygen atoms in total. The number of halogens is 1. The third-order valence-electron chi connectivity index (χ3n) is 2.35. The Kier molecular flexibility index (Phi) is 3.98. The second kappa shape index (κ2) is 4.88. The lowest BCUT2D eigenvalue weighted by Crippen LogP contribution is -2.23. The minimum atomic E-state index is -0.520. The van der Waals surface area contributed by atoms with Crippen molar-refractivity contribution in [2.45, 2.75) is 38.5 Å². The zero-order valence-corrected chi connectivity index (χ0v) is 10.9. The van der Waals surface area contributed by atoms with Gasteiger partial charge in [-0.3, -0.25) is 4.79 Å². The molecule has 0 aromatic heterocycles. The maximum atomic E-state index is 11.5. The quantitative estimate of drug-likeness (QED) is 0.786. The van der Waals surface area contributed by atoms with Crippen molar-refractivity contribution < 1.29 is 4.79 Å². The highest BCUT2D eigenvalue weighted by atomic mass is 35.5. The normalized spacial score (nSPS) is 13.3. The van der Waals surface area contributed by atoms with Crippen LogP contribution in [0.15, 0.2) is 24.3 Å². The van der Waals surface area contributed by atoms with Crippen LogP contribution in [0.5, 0.6) is 0 Å². The second-order valence-corrected chi connectivity index (χ2v) is 5.56. The topological polar surface area (TPSA) is 29.1 Å². The molecule has 0 aliphatic rings. The van der Waals surface area contributed by atoms with Gasteiger partial charge in [0.1, 0.15) is 5.38 Å². The summed E-state index contributed by atoms with van der Waals surface area (Å²) in [6.07, 6.45) is 0. The van der Waals surface area contributed by atoms with Gasteiger partial charge in [-0.15, -0.1) is 11.6 Å². The number of hydrogen-bond donors (Lipinski definition) is 1. The summed E-state index contributed by atoms with van der Waals surface area (Å²) in [6, 6.07) is 7.80. The lowest BCUT2D eigenvalue weighted by molar-refractivity contribution is -0.115. The van der Waals surface area contributed by atoms with Crippen LogP contribution >= 0.6 is 11.6 Å². The van der Waals surface area contributed by atoms with E-state index in [9.17, 15) is 4.79 Å². The van der Waals surface area contributed by atoms with Crippen molar-refractivity contribution in [1.29, 1.82) is 0 Å². The fourth-order valence-corrected chi connectivity index (χ4v) is 1.53. The first-order chi connectivity index (χ1) is 7.32. The first-order valence-corrected chi connectivity index (χ1v) is 5.80. The van der Waals surface area contributed by atoms with E-state index < -0.39 is 5.38 Å². The summed E-state index contributed by atoms with van der Waals surface area (Å²) in [5, 5.41) is 2.33. The van der Waals surface area contributed by atoms with Crippen molar-refractivity contribution in [3.63, 3.8) is 0 Å². The predicted octanol–water partition coefficient (Wildman–Crippen LogP) is 3.55. The molecule has 1 atom stereocenters. The van der Waals surface area contributed by atoms with Crippen molar-refractivity contribution in [2.24, 2.45) is 0 Å². The van der Waals surface area contributed by atoms with Crippen molar-refractivity contribution in [3.8, 4) is 0 Å². The molecule has 1 rings (SSSR count). The fourth-order valence-electron chi connectivity index (χ4n) is 1.48. The Morgan fingerprint density at radius 2 is 1.88 bits per heavy atom. The summed E-state index contributed by atoms with van der Waals surface area (Å²) < 4.78 is 0.